The predicted octanol–water partition coefficient (Wildman–Crippen LogP) is 18.3. The van der Waals surface area contributed by atoms with Crippen LogP contribution in [0.1, 0.15) is 140 Å². The second-order valence-electron chi connectivity index (χ2n) is 22.3. The number of aromatic hydroxyl groups is 4. The lowest BCUT2D eigenvalue weighted by Gasteiger charge is -2.36. The number of phenolic OH excluding ortho intramolecular Hbond substituents is 4. The van der Waals surface area contributed by atoms with Gasteiger partial charge in [-0.3, -0.25) is 0 Å². The Morgan fingerprint density at radius 2 is 0.524 bits per heavy atom. The highest BCUT2D eigenvalue weighted by molar-refractivity contribution is 9.10. The number of hydrogen-bond acceptors (Lipinski definition) is 8. The fourth-order valence-electron chi connectivity index (χ4n) is 12.8. The van der Waals surface area contributed by atoms with Crippen LogP contribution in [-0.4, -0.2) is 20.4 Å². The number of ether oxygens (including phenoxy) is 4. The minimum atomic E-state index is -0.989. The van der Waals surface area contributed by atoms with Gasteiger partial charge >= 0.3 is 0 Å². The Balaban J connectivity index is 1.13. The van der Waals surface area contributed by atoms with Crippen molar-refractivity contribution >= 4 is 31.9 Å². The van der Waals surface area contributed by atoms with Gasteiger partial charge in [-0.1, -0.05) is 177 Å². The molecule has 0 fully saturated rings. The molecular weight excluding hydrogens is 1180 g/mol. The Morgan fingerprint density at radius 3 is 0.833 bits per heavy atom. The van der Waals surface area contributed by atoms with E-state index in [9.17, 15) is 20.4 Å². The maximum absolute atomic E-state index is 12.8. The molecule has 0 saturated heterocycles. The molecule has 10 aromatic carbocycles. The van der Waals surface area contributed by atoms with Gasteiger partial charge in [0.25, 0.3) is 12.6 Å². The van der Waals surface area contributed by atoms with Gasteiger partial charge in [-0.15, -0.1) is 0 Å². The van der Waals surface area contributed by atoms with E-state index in [1.54, 1.807) is 12.1 Å². The first-order valence-corrected chi connectivity index (χ1v) is 30.5. The highest BCUT2D eigenvalue weighted by atomic mass is 79.9. The molecule has 0 aromatic heterocycles. The summed E-state index contributed by atoms with van der Waals surface area (Å²) in [5, 5.41) is 50.6. The smallest absolute Gasteiger partial charge is 0.267 e. The molecule has 2 heterocycles. The molecular formula is C74H62Br2O8. The minimum Gasteiger partial charge on any atom is -0.508 e. The van der Waals surface area contributed by atoms with Crippen molar-refractivity contribution in [3.05, 3.63) is 305 Å². The second kappa shape index (κ2) is 24.0. The molecule has 0 spiro atoms. The summed E-state index contributed by atoms with van der Waals surface area (Å²) >= 11 is 7.30. The molecule has 2 aliphatic heterocycles. The summed E-state index contributed by atoms with van der Waals surface area (Å²) in [4.78, 5) is 0. The fraction of sp³-hybridized carbons (Fsp3) is 0.189. The van der Waals surface area contributed by atoms with E-state index in [1.807, 2.05) is 109 Å². The first kappa shape index (κ1) is 54.8. The highest BCUT2D eigenvalue weighted by Crippen LogP contribution is 2.56. The molecule has 4 N–H and O–H groups in total. The molecule has 13 rings (SSSR count). The standard InChI is InChI=1S/C74H62Br2O8/c75-51-29-25-49(26-30-51)73-81-69-42-67(79)59-38-61(69)55(35-23-47-17-9-3-10-18-47)63-40-64-56(36-24-48-19-11-4-12-20-48)62-39-60(68(80)43-70(62)82-74(50-27-31-52(76)32-28-50)84-72(64)44-71(63)83-73)54(34-22-46-15-7-2-8-16-46)58-37-57(65(77)41-66(58)78)53(59)33-21-45-13-5-1-6-14-45/h1-20,25-32,37-44,53-56,73-74,77-80H,21-24,33-36H2. The molecule has 1 aliphatic carbocycles. The van der Waals surface area contributed by atoms with E-state index in [0.717, 1.165) is 64.6 Å². The highest BCUT2D eigenvalue weighted by Gasteiger charge is 2.38. The van der Waals surface area contributed by atoms with Gasteiger partial charge in [-0.25, -0.2) is 0 Å². The summed E-state index contributed by atoms with van der Waals surface area (Å²) in [7, 11) is 0. The quantitative estimate of drug-likeness (QED) is 0.0851. The van der Waals surface area contributed by atoms with Gasteiger partial charge in [0.2, 0.25) is 0 Å². The lowest BCUT2D eigenvalue weighted by atomic mass is 9.76. The van der Waals surface area contributed by atoms with Gasteiger partial charge in [-0.05, 0) is 122 Å². The first-order valence-electron chi connectivity index (χ1n) is 28.9. The van der Waals surface area contributed by atoms with Crippen LogP contribution >= 0.6 is 31.9 Å². The summed E-state index contributed by atoms with van der Waals surface area (Å²) in [5.74, 6) is -0.190. The van der Waals surface area contributed by atoms with E-state index in [0.29, 0.717) is 96.6 Å². The second-order valence-corrected chi connectivity index (χ2v) is 24.2. The molecule has 8 bridgehead atoms. The van der Waals surface area contributed by atoms with E-state index in [2.05, 4.69) is 123 Å². The van der Waals surface area contributed by atoms with E-state index in [-0.39, 0.29) is 23.0 Å². The zero-order chi connectivity index (χ0) is 57.3. The van der Waals surface area contributed by atoms with Crippen LogP contribution in [0.3, 0.4) is 0 Å². The summed E-state index contributed by atoms with van der Waals surface area (Å²) in [6.45, 7) is 0. The Morgan fingerprint density at radius 1 is 0.274 bits per heavy atom. The Hall–Kier alpha value is -8.44. The van der Waals surface area contributed by atoms with E-state index >= 15 is 0 Å². The van der Waals surface area contributed by atoms with Crippen molar-refractivity contribution in [3.63, 3.8) is 0 Å². The number of phenols is 4. The van der Waals surface area contributed by atoms with Gasteiger partial charge in [0.1, 0.15) is 46.0 Å². The zero-order valence-corrected chi connectivity index (χ0v) is 49.3. The van der Waals surface area contributed by atoms with Crippen molar-refractivity contribution in [2.75, 3.05) is 0 Å². The molecule has 0 amide bonds. The van der Waals surface area contributed by atoms with Gasteiger partial charge < -0.3 is 39.4 Å². The van der Waals surface area contributed by atoms with Gasteiger partial charge in [0, 0.05) is 113 Å². The maximum Gasteiger partial charge on any atom is 0.267 e. The third-order valence-corrected chi connectivity index (χ3v) is 18.2. The van der Waals surface area contributed by atoms with Crippen molar-refractivity contribution in [1.29, 1.82) is 0 Å². The van der Waals surface area contributed by atoms with Crippen LogP contribution in [0, 0.1) is 0 Å². The summed E-state index contributed by atoms with van der Waals surface area (Å²) in [6.07, 6.45) is 2.81. The molecule has 10 aromatic rings. The van der Waals surface area contributed by atoms with Crippen LogP contribution in [0.25, 0.3) is 0 Å². The first-order chi connectivity index (χ1) is 41.1. The normalized spacial score (nSPS) is 18.4. The summed E-state index contributed by atoms with van der Waals surface area (Å²) < 4.78 is 30.8. The number of halogens is 2. The fourth-order valence-corrected chi connectivity index (χ4v) is 13.3. The van der Waals surface area contributed by atoms with Gasteiger partial charge in [0.15, 0.2) is 0 Å². The molecule has 8 nitrogen and oxygen atoms in total. The van der Waals surface area contributed by atoms with Crippen LogP contribution in [-0.2, 0) is 25.7 Å². The number of benzene rings is 10. The summed E-state index contributed by atoms with van der Waals surface area (Å²) in [5.41, 5.74) is 11.8. The molecule has 3 aliphatic rings. The van der Waals surface area contributed by atoms with Gasteiger partial charge in [-0.2, -0.15) is 0 Å². The van der Waals surface area contributed by atoms with Crippen LogP contribution in [0.4, 0.5) is 0 Å². The third-order valence-electron chi connectivity index (χ3n) is 17.1. The molecule has 6 atom stereocenters. The number of rotatable bonds is 14. The van der Waals surface area contributed by atoms with Crippen molar-refractivity contribution in [2.24, 2.45) is 0 Å². The molecule has 420 valence electrons. The average molecular weight is 1240 g/mol. The topological polar surface area (TPSA) is 118 Å². The summed E-state index contributed by atoms with van der Waals surface area (Å²) in [6, 6.07) is 72.4. The maximum atomic E-state index is 12.8. The van der Waals surface area contributed by atoms with E-state index < -0.39 is 36.3 Å². The molecule has 10 heteroatoms. The number of aryl methyl sites for hydroxylation is 4. The van der Waals surface area contributed by atoms with Gasteiger partial charge in [0.05, 0.1) is 0 Å². The number of hydrogen-bond donors (Lipinski definition) is 4. The van der Waals surface area contributed by atoms with E-state index in [1.165, 1.54) is 6.07 Å². The zero-order valence-electron chi connectivity index (χ0n) is 46.1. The molecule has 6 unspecified atom stereocenters. The number of fused-ring (bicyclic) bond motifs is 4. The van der Waals surface area contributed by atoms with Crippen molar-refractivity contribution < 1.29 is 39.4 Å². The molecule has 0 saturated carbocycles. The predicted molar refractivity (Wildman–Crippen MR) is 335 cm³/mol. The minimum absolute atomic E-state index is 0.0100. The molecule has 0 radical (unpaired) electrons. The SMILES string of the molecule is Oc1cc(O)c2cc1C(CCc1ccccc1)c1cc3c(cc1O)OC(c1ccc(Br)cc1)Oc1cc4c(cc1C3CCc1ccccc1)C(CCc1ccccc1)c1cc(c(O)cc1OC(c1ccc(Br)cc1)O4)C2CCc1ccccc1. The van der Waals surface area contributed by atoms with Crippen LogP contribution in [0.2, 0.25) is 0 Å². The van der Waals surface area contributed by atoms with Crippen molar-refractivity contribution in [3.8, 4) is 46.0 Å². The largest absolute Gasteiger partial charge is 0.508 e. The van der Waals surface area contributed by atoms with Crippen molar-refractivity contribution in [2.45, 2.75) is 87.6 Å². The van der Waals surface area contributed by atoms with Crippen LogP contribution in [0.5, 0.6) is 46.0 Å². The van der Waals surface area contributed by atoms with Crippen molar-refractivity contribution in [1.82, 2.24) is 0 Å². The lowest BCUT2D eigenvalue weighted by Crippen LogP contribution is -2.24. The Kier molecular flexibility index (Phi) is 15.7. The average Bonchev–Trinajstić information content (AvgIpc) is 1.47. The van der Waals surface area contributed by atoms with E-state index in [4.69, 9.17) is 18.9 Å². The Bertz CT molecular complexity index is 3700. The Labute approximate surface area is 506 Å². The monoisotopic (exact) mass is 1240 g/mol. The van der Waals surface area contributed by atoms with Crippen LogP contribution in [0.15, 0.2) is 227 Å². The lowest BCUT2D eigenvalue weighted by molar-refractivity contribution is -0.00649. The molecule has 84 heavy (non-hydrogen) atoms. The third kappa shape index (κ3) is 11.5. The van der Waals surface area contributed by atoms with Crippen LogP contribution < -0.4 is 18.9 Å².